The Balaban J connectivity index is 2.37. The van der Waals surface area contributed by atoms with Crippen molar-refractivity contribution < 1.29 is 14.6 Å². The van der Waals surface area contributed by atoms with E-state index >= 15 is 0 Å². The number of benzene rings is 1. The van der Waals surface area contributed by atoms with Gasteiger partial charge in [0.2, 0.25) is 0 Å². The lowest BCUT2D eigenvalue weighted by Crippen LogP contribution is -2.23. The molecule has 0 radical (unpaired) electrons. The van der Waals surface area contributed by atoms with Gasteiger partial charge in [-0.2, -0.15) is 0 Å². The van der Waals surface area contributed by atoms with E-state index in [1.165, 1.54) is 0 Å². The predicted octanol–water partition coefficient (Wildman–Crippen LogP) is 1.06. The first kappa shape index (κ1) is 9.32. The second kappa shape index (κ2) is 4.98. The average Bonchev–Trinajstić information content (AvgIpc) is 2.14. The fraction of sp³-hybridized carbons (Fsp3) is 0.100. The van der Waals surface area contributed by atoms with Crippen LogP contribution < -0.4 is 5.11 Å². The molecule has 13 heavy (non-hydrogen) atoms. The highest BCUT2D eigenvalue weighted by molar-refractivity contribution is 5.55. The zero-order chi connectivity index (χ0) is 9.52. The smallest absolute Gasteiger partial charge is 0.252 e. The van der Waals surface area contributed by atoms with E-state index in [0.29, 0.717) is 0 Å². The zero-order valence-electron chi connectivity index (χ0n) is 6.97. The fourth-order valence-electron chi connectivity index (χ4n) is 0.864. The molecule has 0 heterocycles. The molecule has 0 N–H and O–H groups in total. The van der Waals surface area contributed by atoms with Crippen LogP contribution in [0.3, 0.4) is 0 Å². The summed E-state index contributed by atoms with van der Waals surface area (Å²) in [5.74, 6) is 0. The minimum absolute atomic E-state index is 0.0250. The van der Waals surface area contributed by atoms with Gasteiger partial charge in [-0.3, -0.25) is 0 Å². The number of carbonyl (C=O) groups excluding carboxylic acids is 1. The van der Waals surface area contributed by atoms with Gasteiger partial charge in [0, 0.05) is 6.61 Å². The summed E-state index contributed by atoms with van der Waals surface area (Å²) in [5, 5.41) is 9.84. The van der Waals surface area contributed by atoms with Gasteiger partial charge in [0.25, 0.3) is 6.16 Å². The van der Waals surface area contributed by atoms with E-state index in [1.807, 2.05) is 30.3 Å². The Labute approximate surface area is 76.3 Å². The van der Waals surface area contributed by atoms with Gasteiger partial charge < -0.3 is 14.6 Å². The van der Waals surface area contributed by atoms with E-state index in [2.05, 4.69) is 4.74 Å². The van der Waals surface area contributed by atoms with E-state index < -0.39 is 6.16 Å². The highest BCUT2D eigenvalue weighted by atomic mass is 16.7. The third-order valence-corrected chi connectivity index (χ3v) is 1.41. The molecular weight excluding hydrogens is 168 g/mol. The molecule has 3 heteroatoms. The van der Waals surface area contributed by atoms with E-state index in [0.717, 1.165) is 5.56 Å². The summed E-state index contributed by atoms with van der Waals surface area (Å²) in [4.78, 5) is 9.84. The maximum atomic E-state index is 9.84. The molecule has 68 valence electrons. The van der Waals surface area contributed by atoms with E-state index in [9.17, 15) is 9.90 Å². The van der Waals surface area contributed by atoms with E-state index in [1.54, 1.807) is 12.2 Å². The Bertz CT molecular complexity index is 290. The van der Waals surface area contributed by atoms with Crippen LogP contribution in [0, 0.1) is 0 Å². The molecule has 0 fully saturated rings. The maximum absolute atomic E-state index is 9.84. The van der Waals surface area contributed by atoms with Crippen LogP contribution in [0.4, 0.5) is 4.79 Å². The second-order valence-corrected chi connectivity index (χ2v) is 2.37. The van der Waals surface area contributed by atoms with Gasteiger partial charge in [0.1, 0.15) is 0 Å². The molecule has 0 amide bonds. The monoisotopic (exact) mass is 177 g/mol. The van der Waals surface area contributed by atoms with E-state index in [4.69, 9.17) is 0 Å². The van der Waals surface area contributed by atoms with Crippen LogP contribution >= 0.6 is 0 Å². The topological polar surface area (TPSA) is 49.4 Å². The molecule has 1 aromatic carbocycles. The van der Waals surface area contributed by atoms with Crippen molar-refractivity contribution in [3.8, 4) is 0 Å². The van der Waals surface area contributed by atoms with Crippen LogP contribution in [0.2, 0.25) is 0 Å². The Morgan fingerprint density at radius 2 is 2.08 bits per heavy atom. The van der Waals surface area contributed by atoms with Crippen molar-refractivity contribution in [1.82, 2.24) is 0 Å². The average molecular weight is 177 g/mol. The molecule has 0 aromatic heterocycles. The van der Waals surface area contributed by atoms with Gasteiger partial charge in [-0.05, 0) is 5.56 Å². The summed E-state index contributed by atoms with van der Waals surface area (Å²) in [7, 11) is 0. The third-order valence-electron chi connectivity index (χ3n) is 1.41. The minimum atomic E-state index is -1.50. The number of hydrogen-bond acceptors (Lipinski definition) is 3. The molecule has 0 bridgehead atoms. The quantitative estimate of drug-likeness (QED) is 0.648. The van der Waals surface area contributed by atoms with Crippen molar-refractivity contribution in [2.75, 3.05) is 6.61 Å². The normalized spacial score (nSPS) is 10.2. The number of hydrogen-bond donors (Lipinski definition) is 0. The molecule has 0 atom stereocenters. The van der Waals surface area contributed by atoms with Gasteiger partial charge in [-0.1, -0.05) is 42.5 Å². The van der Waals surface area contributed by atoms with Gasteiger partial charge >= 0.3 is 0 Å². The summed E-state index contributed by atoms with van der Waals surface area (Å²) in [5.41, 5.74) is 1.00. The zero-order valence-corrected chi connectivity index (χ0v) is 6.97. The predicted molar refractivity (Wildman–Crippen MR) is 46.8 cm³/mol. The van der Waals surface area contributed by atoms with Crippen LogP contribution in [0.1, 0.15) is 5.56 Å². The van der Waals surface area contributed by atoms with Crippen LogP contribution in [-0.2, 0) is 4.74 Å². The van der Waals surface area contributed by atoms with Crippen molar-refractivity contribution in [2.45, 2.75) is 0 Å². The minimum Gasteiger partial charge on any atom is -0.546 e. The third kappa shape index (κ3) is 3.96. The largest absolute Gasteiger partial charge is 0.546 e. The van der Waals surface area contributed by atoms with E-state index in [-0.39, 0.29) is 6.61 Å². The molecule has 0 spiro atoms. The molecule has 0 saturated carbocycles. The Hall–Kier alpha value is -1.77. The molecule has 0 saturated heterocycles. The van der Waals surface area contributed by atoms with Crippen molar-refractivity contribution in [1.29, 1.82) is 0 Å². The van der Waals surface area contributed by atoms with Crippen molar-refractivity contribution >= 4 is 12.2 Å². The van der Waals surface area contributed by atoms with Crippen LogP contribution in [0.25, 0.3) is 6.08 Å². The van der Waals surface area contributed by atoms with Gasteiger partial charge in [-0.25, -0.2) is 0 Å². The number of carboxylic acid groups (broad SMARTS) is 1. The summed E-state index contributed by atoms with van der Waals surface area (Å²) in [6, 6.07) is 9.54. The summed E-state index contributed by atoms with van der Waals surface area (Å²) >= 11 is 0. The van der Waals surface area contributed by atoms with Crippen LogP contribution in [0.5, 0.6) is 0 Å². The molecule has 3 nitrogen and oxygen atoms in total. The maximum Gasteiger partial charge on any atom is 0.252 e. The first-order chi connectivity index (χ1) is 6.29. The highest BCUT2D eigenvalue weighted by Gasteiger charge is 1.82. The lowest BCUT2D eigenvalue weighted by Gasteiger charge is -2.02. The second-order valence-electron chi connectivity index (χ2n) is 2.37. The summed E-state index contributed by atoms with van der Waals surface area (Å²) in [6.45, 7) is 0.0250. The van der Waals surface area contributed by atoms with Crippen LogP contribution in [-0.4, -0.2) is 12.8 Å². The Morgan fingerprint density at radius 3 is 2.69 bits per heavy atom. The van der Waals surface area contributed by atoms with Gasteiger partial charge in [0.15, 0.2) is 0 Å². The van der Waals surface area contributed by atoms with Gasteiger partial charge in [-0.15, -0.1) is 0 Å². The fourth-order valence-corrected chi connectivity index (χ4v) is 0.864. The first-order valence-electron chi connectivity index (χ1n) is 3.84. The molecule has 0 aliphatic carbocycles. The standard InChI is InChI=1S/C10H10O3/c11-10(12)13-8-4-7-9-5-2-1-3-6-9/h1-7H,8H2,(H,11,12)/p-1. The highest BCUT2D eigenvalue weighted by Crippen LogP contribution is 2.00. The molecular formula is C10H9O3-. The lowest BCUT2D eigenvalue weighted by atomic mass is 10.2. The molecule has 0 aliphatic rings. The van der Waals surface area contributed by atoms with Crippen molar-refractivity contribution in [2.24, 2.45) is 0 Å². The molecule has 1 rings (SSSR count). The SMILES string of the molecule is O=C([O-])OCC=Cc1ccccc1. The van der Waals surface area contributed by atoms with Crippen molar-refractivity contribution in [3.63, 3.8) is 0 Å². The Kier molecular flexibility index (Phi) is 3.57. The van der Waals surface area contributed by atoms with Crippen molar-refractivity contribution in [3.05, 3.63) is 42.0 Å². The van der Waals surface area contributed by atoms with Gasteiger partial charge in [0.05, 0.1) is 0 Å². The summed E-state index contributed by atoms with van der Waals surface area (Å²) in [6.07, 6.45) is 1.89. The van der Waals surface area contributed by atoms with Crippen LogP contribution in [0.15, 0.2) is 36.4 Å². The number of carbonyl (C=O) groups is 1. The molecule has 0 aliphatic heterocycles. The Morgan fingerprint density at radius 1 is 1.38 bits per heavy atom. The first-order valence-corrected chi connectivity index (χ1v) is 3.84. The summed E-state index contributed by atoms with van der Waals surface area (Å²) < 4.78 is 4.18. The molecule has 0 unspecified atom stereocenters. The lowest BCUT2D eigenvalue weighted by molar-refractivity contribution is -0.281. The number of rotatable bonds is 3. The molecule has 1 aromatic rings. The number of ether oxygens (including phenoxy) is 1.